The van der Waals surface area contributed by atoms with Crippen LogP contribution in [0.25, 0.3) is 0 Å². The van der Waals surface area contributed by atoms with Crippen LogP contribution >= 0.6 is 0 Å². The summed E-state index contributed by atoms with van der Waals surface area (Å²) >= 11 is 0. The summed E-state index contributed by atoms with van der Waals surface area (Å²) in [5.41, 5.74) is 0. The highest BCUT2D eigenvalue weighted by Gasteiger charge is 2.24. The van der Waals surface area contributed by atoms with Crippen molar-refractivity contribution in [2.75, 3.05) is 26.2 Å². The maximum absolute atomic E-state index is 6.23. The van der Waals surface area contributed by atoms with Crippen LogP contribution < -0.4 is 5.32 Å². The van der Waals surface area contributed by atoms with Gasteiger partial charge in [0.25, 0.3) is 0 Å². The van der Waals surface area contributed by atoms with Gasteiger partial charge in [-0.3, -0.25) is 0 Å². The van der Waals surface area contributed by atoms with Crippen molar-refractivity contribution in [3.05, 3.63) is 11.6 Å². The minimum Gasteiger partial charge on any atom is -0.378 e. The van der Waals surface area contributed by atoms with Gasteiger partial charge in [-0.2, -0.15) is 0 Å². The van der Waals surface area contributed by atoms with E-state index in [9.17, 15) is 0 Å². The Bertz CT molecular complexity index is 614. The van der Waals surface area contributed by atoms with E-state index in [0.717, 1.165) is 69.0 Å². The fourth-order valence-electron chi connectivity index (χ4n) is 4.06. The molecule has 2 aliphatic rings. The predicted octanol–water partition coefficient (Wildman–Crippen LogP) is 3.04. The predicted molar refractivity (Wildman–Crippen MR) is 112 cm³/mol. The number of guanidine groups is 1. The molecule has 0 atom stereocenters. The summed E-state index contributed by atoms with van der Waals surface area (Å²) in [6.45, 7) is 8.68. The lowest BCUT2D eigenvalue weighted by molar-refractivity contribution is 0.000996. The third kappa shape index (κ3) is 5.93. The molecule has 1 saturated heterocycles. The summed E-state index contributed by atoms with van der Waals surface area (Å²) in [6.07, 6.45) is 10.4. The second-order valence-electron chi connectivity index (χ2n) is 8.31. The molecule has 0 aromatic carbocycles. The molecule has 2 fully saturated rings. The highest BCUT2D eigenvalue weighted by molar-refractivity contribution is 5.80. The molecule has 1 N–H and O–H groups in total. The van der Waals surface area contributed by atoms with Crippen LogP contribution in [-0.2, 0) is 18.3 Å². The lowest BCUT2D eigenvalue weighted by Crippen LogP contribution is -2.47. The Morgan fingerprint density at radius 2 is 1.93 bits per heavy atom. The molecule has 158 valence electrons. The summed E-state index contributed by atoms with van der Waals surface area (Å²) in [5, 5.41) is 11.9. The average Bonchev–Trinajstić information content (AvgIpc) is 3.34. The summed E-state index contributed by atoms with van der Waals surface area (Å²) in [7, 11) is 2.00. The van der Waals surface area contributed by atoms with Crippen LogP contribution in [0, 0.1) is 12.8 Å². The van der Waals surface area contributed by atoms with Gasteiger partial charge in [-0.25, -0.2) is 4.99 Å². The number of aromatic nitrogens is 3. The molecule has 0 bridgehead atoms. The van der Waals surface area contributed by atoms with Gasteiger partial charge in [0.1, 0.15) is 12.4 Å². The summed E-state index contributed by atoms with van der Waals surface area (Å²) < 4.78 is 8.24. The Balaban J connectivity index is 1.51. The molecule has 7 nitrogen and oxygen atoms in total. The number of unbranched alkanes of at least 4 members (excludes halogenated alkanes) is 1. The molecule has 0 amide bonds. The first-order valence-corrected chi connectivity index (χ1v) is 11.2. The van der Waals surface area contributed by atoms with Gasteiger partial charge in [0.2, 0.25) is 0 Å². The van der Waals surface area contributed by atoms with Crippen LogP contribution in [0.1, 0.15) is 69.9 Å². The average molecular weight is 391 g/mol. The van der Waals surface area contributed by atoms with Crippen molar-refractivity contribution in [2.24, 2.45) is 18.0 Å². The number of aliphatic imine (C=N–C) groups is 1. The Hall–Kier alpha value is -1.63. The van der Waals surface area contributed by atoms with E-state index in [2.05, 4.69) is 27.3 Å². The molecule has 7 heteroatoms. The van der Waals surface area contributed by atoms with Crippen LogP contribution in [0.5, 0.6) is 0 Å². The monoisotopic (exact) mass is 390 g/mol. The van der Waals surface area contributed by atoms with E-state index < -0.39 is 0 Å². The molecular weight excluding hydrogens is 352 g/mol. The molecular formula is C21H38N6O. The number of hydrogen-bond acceptors (Lipinski definition) is 4. The van der Waals surface area contributed by atoms with Gasteiger partial charge in [-0.15, -0.1) is 10.2 Å². The van der Waals surface area contributed by atoms with Gasteiger partial charge >= 0.3 is 0 Å². The first kappa shape index (κ1) is 21.1. The molecule has 1 aromatic heterocycles. The number of ether oxygens (including phenoxy) is 1. The van der Waals surface area contributed by atoms with Crippen LogP contribution in [0.2, 0.25) is 0 Å². The molecule has 1 aromatic rings. The van der Waals surface area contributed by atoms with E-state index in [0.29, 0.717) is 12.6 Å². The van der Waals surface area contributed by atoms with Crippen molar-refractivity contribution >= 4 is 5.96 Å². The molecule has 1 saturated carbocycles. The van der Waals surface area contributed by atoms with E-state index in [1.807, 2.05) is 18.5 Å². The summed E-state index contributed by atoms with van der Waals surface area (Å²) in [4.78, 5) is 7.25. The molecule has 1 aliphatic heterocycles. The van der Waals surface area contributed by atoms with Gasteiger partial charge < -0.3 is 19.5 Å². The normalized spacial score (nSPS) is 19.5. The first-order valence-electron chi connectivity index (χ1n) is 11.2. The van der Waals surface area contributed by atoms with Crippen LogP contribution in [0.15, 0.2) is 4.99 Å². The number of rotatable bonds is 8. The zero-order valence-corrected chi connectivity index (χ0v) is 18.0. The molecule has 0 unspecified atom stereocenters. The number of likely N-dealkylation sites (tertiary alicyclic amines) is 1. The molecule has 28 heavy (non-hydrogen) atoms. The van der Waals surface area contributed by atoms with E-state index in [1.165, 1.54) is 32.1 Å². The topological polar surface area (TPSA) is 67.6 Å². The maximum Gasteiger partial charge on any atom is 0.194 e. The van der Waals surface area contributed by atoms with Crippen molar-refractivity contribution in [3.8, 4) is 0 Å². The van der Waals surface area contributed by atoms with E-state index in [-0.39, 0.29) is 0 Å². The summed E-state index contributed by atoms with van der Waals surface area (Å²) in [6, 6.07) is 0. The standard InChI is InChI=1S/C21H38N6O/c1-4-5-12-22-21(23-15-20-25-24-17(2)26(20)3)27-13-10-19(11-14-27)28-16-18-8-6-7-9-18/h18-19H,4-16H2,1-3H3,(H,22,23). The number of aryl methyl sites for hydroxylation is 1. The van der Waals surface area contributed by atoms with Crippen molar-refractivity contribution < 1.29 is 4.74 Å². The second-order valence-corrected chi connectivity index (χ2v) is 8.31. The first-order chi connectivity index (χ1) is 13.7. The van der Waals surface area contributed by atoms with Gasteiger partial charge in [0, 0.05) is 33.3 Å². The Morgan fingerprint density at radius 3 is 2.57 bits per heavy atom. The van der Waals surface area contributed by atoms with E-state index >= 15 is 0 Å². The van der Waals surface area contributed by atoms with Crippen molar-refractivity contribution in [2.45, 2.75) is 77.9 Å². The van der Waals surface area contributed by atoms with Crippen LogP contribution in [0.4, 0.5) is 0 Å². The minimum absolute atomic E-state index is 0.412. The van der Waals surface area contributed by atoms with Crippen LogP contribution in [-0.4, -0.2) is 58.0 Å². The van der Waals surface area contributed by atoms with E-state index in [1.54, 1.807) is 0 Å². The largest absolute Gasteiger partial charge is 0.378 e. The Kier molecular flexibility index (Phi) is 8.13. The number of nitrogens with zero attached hydrogens (tertiary/aromatic N) is 5. The number of hydrogen-bond donors (Lipinski definition) is 1. The van der Waals surface area contributed by atoms with Crippen molar-refractivity contribution in [3.63, 3.8) is 0 Å². The van der Waals surface area contributed by atoms with Gasteiger partial charge in [0.15, 0.2) is 11.8 Å². The highest BCUT2D eigenvalue weighted by Crippen LogP contribution is 2.26. The fraction of sp³-hybridized carbons (Fsp3) is 0.857. The van der Waals surface area contributed by atoms with Gasteiger partial charge in [-0.1, -0.05) is 26.2 Å². The zero-order valence-electron chi connectivity index (χ0n) is 18.0. The lowest BCUT2D eigenvalue weighted by Gasteiger charge is -2.34. The van der Waals surface area contributed by atoms with Crippen molar-refractivity contribution in [1.29, 1.82) is 0 Å². The highest BCUT2D eigenvalue weighted by atomic mass is 16.5. The zero-order chi connectivity index (χ0) is 19.8. The third-order valence-corrected chi connectivity index (χ3v) is 6.15. The Morgan fingerprint density at radius 1 is 1.18 bits per heavy atom. The molecule has 0 spiro atoms. The molecule has 3 rings (SSSR count). The number of piperidine rings is 1. The minimum atomic E-state index is 0.412. The second kappa shape index (κ2) is 10.8. The fourth-order valence-corrected chi connectivity index (χ4v) is 4.06. The lowest BCUT2D eigenvalue weighted by atomic mass is 10.1. The Labute approximate surface area is 169 Å². The quantitative estimate of drug-likeness (QED) is 0.420. The smallest absolute Gasteiger partial charge is 0.194 e. The molecule has 2 heterocycles. The summed E-state index contributed by atoms with van der Waals surface area (Å²) in [5.74, 6) is 3.64. The van der Waals surface area contributed by atoms with E-state index in [4.69, 9.17) is 9.73 Å². The number of nitrogens with one attached hydrogen (secondary N) is 1. The third-order valence-electron chi connectivity index (χ3n) is 6.15. The van der Waals surface area contributed by atoms with Crippen LogP contribution in [0.3, 0.4) is 0 Å². The SMILES string of the molecule is CCCCNC(=NCc1nnc(C)n1C)N1CCC(OCC2CCCC2)CC1. The molecule has 0 radical (unpaired) electrons. The maximum atomic E-state index is 6.23. The van der Waals surface area contributed by atoms with Gasteiger partial charge in [-0.05, 0) is 44.9 Å². The van der Waals surface area contributed by atoms with Crippen molar-refractivity contribution in [1.82, 2.24) is 25.0 Å². The molecule has 1 aliphatic carbocycles. The van der Waals surface area contributed by atoms with Gasteiger partial charge in [0.05, 0.1) is 6.10 Å².